The van der Waals surface area contributed by atoms with E-state index in [1.54, 1.807) is 23.1 Å². The zero-order chi connectivity index (χ0) is 14.0. The number of benzene rings is 1. The maximum absolute atomic E-state index is 6.02. The number of hydrogen-bond donors (Lipinski definition) is 1. The van der Waals surface area contributed by atoms with Gasteiger partial charge in [-0.15, -0.1) is 23.1 Å². The molecule has 1 aromatic carbocycles. The molecule has 0 spiro atoms. The maximum Gasteiger partial charge on any atom is 0.103 e. The summed E-state index contributed by atoms with van der Waals surface area (Å²) in [7, 11) is 0. The standard InChI is InChI=1S/C15H20N2S2/c1-10-5-6-12(11(16)7-10)18-9-14-17-13(8-19-14)15(2,3)4/h5-8H,9,16H2,1-4H3. The van der Waals surface area contributed by atoms with Crippen molar-refractivity contribution in [1.29, 1.82) is 0 Å². The Morgan fingerprint density at radius 3 is 2.63 bits per heavy atom. The Morgan fingerprint density at radius 1 is 1.32 bits per heavy atom. The molecule has 0 amide bonds. The molecule has 2 nitrogen and oxygen atoms in total. The van der Waals surface area contributed by atoms with E-state index in [1.807, 2.05) is 6.07 Å². The van der Waals surface area contributed by atoms with Crippen LogP contribution in [0.4, 0.5) is 5.69 Å². The molecule has 0 aliphatic carbocycles. The average Bonchev–Trinajstić information content (AvgIpc) is 2.76. The van der Waals surface area contributed by atoms with Crippen molar-refractivity contribution < 1.29 is 0 Å². The predicted molar refractivity (Wildman–Crippen MR) is 86.0 cm³/mol. The van der Waals surface area contributed by atoms with Crippen LogP contribution >= 0.6 is 23.1 Å². The molecule has 0 fully saturated rings. The molecule has 0 saturated carbocycles. The molecule has 0 aliphatic rings. The lowest BCUT2D eigenvalue weighted by Gasteiger charge is -2.14. The van der Waals surface area contributed by atoms with E-state index in [0.29, 0.717) is 0 Å². The van der Waals surface area contributed by atoms with Gasteiger partial charge in [0.05, 0.1) is 11.4 Å². The number of thioether (sulfide) groups is 1. The van der Waals surface area contributed by atoms with Gasteiger partial charge in [0.1, 0.15) is 5.01 Å². The van der Waals surface area contributed by atoms with Gasteiger partial charge >= 0.3 is 0 Å². The maximum atomic E-state index is 6.02. The Balaban J connectivity index is 2.04. The van der Waals surface area contributed by atoms with Crippen molar-refractivity contribution in [3.63, 3.8) is 0 Å². The van der Waals surface area contributed by atoms with E-state index in [4.69, 9.17) is 10.7 Å². The first-order valence-corrected chi connectivity index (χ1v) is 8.16. The molecule has 0 aliphatic heterocycles. The summed E-state index contributed by atoms with van der Waals surface area (Å²) in [4.78, 5) is 5.84. The molecular weight excluding hydrogens is 272 g/mol. The van der Waals surface area contributed by atoms with Crippen LogP contribution in [0.2, 0.25) is 0 Å². The SMILES string of the molecule is Cc1ccc(SCc2nc(C(C)(C)C)cs2)c(N)c1. The number of hydrogen-bond acceptors (Lipinski definition) is 4. The lowest BCUT2D eigenvalue weighted by atomic mass is 9.93. The van der Waals surface area contributed by atoms with E-state index < -0.39 is 0 Å². The zero-order valence-electron chi connectivity index (χ0n) is 11.9. The van der Waals surface area contributed by atoms with Crippen LogP contribution in [-0.4, -0.2) is 4.98 Å². The van der Waals surface area contributed by atoms with Crippen molar-refractivity contribution in [2.75, 3.05) is 5.73 Å². The van der Waals surface area contributed by atoms with Crippen molar-refractivity contribution >= 4 is 28.8 Å². The van der Waals surface area contributed by atoms with Gasteiger partial charge in [0.2, 0.25) is 0 Å². The Morgan fingerprint density at radius 2 is 2.05 bits per heavy atom. The third kappa shape index (κ3) is 3.74. The van der Waals surface area contributed by atoms with Gasteiger partial charge in [-0.25, -0.2) is 4.98 Å². The van der Waals surface area contributed by atoms with E-state index in [9.17, 15) is 0 Å². The summed E-state index contributed by atoms with van der Waals surface area (Å²) < 4.78 is 0. The molecule has 0 bridgehead atoms. The highest BCUT2D eigenvalue weighted by molar-refractivity contribution is 7.98. The van der Waals surface area contributed by atoms with Crippen LogP contribution in [-0.2, 0) is 11.2 Å². The molecule has 19 heavy (non-hydrogen) atoms. The Hall–Kier alpha value is -1.00. The van der Waals surface area contributed by atoms with Crippen LogP contribution in [0.1, 0.15) is 37.0 Å². The molecule has 2 N–H and O–H groups in total. The fourth-order valence-corrected chi connectivity index (χ4v) is 3.65. The molecule has 0 saturated heterocycles. The minimum Gasteiger partial charge on any atom is -0.398 e. The van der Waals surface area contributed by atoms with Gasteiger partial charge in [0, 0.05) is 21.4 Å². The van der Waals surface area contributed by atoms with Crippen molar-refractivity contribution in [3.05, 3.63) is 39.8 Å². The van der Waals surface area contributed by atoms with Gasteiger partial charge in [0.15, 0.2) is 0 Å². The lowest BCUT2D eigenvalue weighted by molar-refractivity contribution is 0.572. The van der Waals surface area contributed by atoms with Crippen molar-refractivity contribution in [1.82, 2.24) is 4.98 Å². The Labute approximate surface area is 123 Å². The van der Waals surface area contributed by atoms with Gasteiger partial charge in [0.25, 0.3) is 0 Å². The van der Waals surface area contributed by atoms with E-state index in [2.05, 4.69) is 45.2 Å². The van der Waals surface area contributed by atoms with Crippen LogP contribution in [0.25, 0.3) is 0 Å². The molecular formula is C15H20N2S2. The molecule has 102 valence electrons. The first-order chi connectivity index (χ1) is 8.86. The number of aryl methyl sites for hydroxylation is 1. The van der Waals surface area contributed by atoms with Crippen LogP contribution in [0.15, 0.2) is 28.5 Å². The third-order valence-corrected chi connectivity index (χ3v) is 4.97. The van der Waals surface area contributed by atoms with Crippen LogP contribution in [0.3, 0.4) is 0 Å². The monoisotopic (exact) mass is 292 g/mol. The summed E-state index contributed by atoms with van der Waals surface area (Å²) in [5.41, 5.74) is 9.38. The predicted octanol–water partition coefficient (Wildman–Crippen LogP) is 4.62. The van der Waals surface area contributed by atoms with Gasteiger partial charge in [-0.3, -0.25) is 0 Å². The number of nitrogens with zero attached hydrogens (tertiary/aromatic N) is 1. The molecule has 0 atom stereocenters. The van der Waals surface area contributed by atoms with Crippen molar-refractivity contribution in [2.45, 2.75) is 43.8 Å². The first-order valence-electron chi connectivity index (χ1n) is 6.30. The zero-order valence-corrected chi connectivity index (χ0v) is 13.5. The summed E-state index contributed by atoms with van der Waals surface area (Å²) in [5, 5.41) is 3.32. The summed E-state index contributed by atoms with van der Waals surface area (Å²) >= 11 is 3.49. The fraction of sp³-hybridized carbons (Fsp3) is 0.400. The number of rotatable bonds is 3. The van der Waals surface area contributed by atoms with Crippen LogP contribution in [0.5, 0.6) is 0 Å². The lowest BCUT2D eigenvalue weighted by Crippen LogP contribution is -2.11. The third-order valence-electron chi connectivity index (χ3n) is 2.84. The van der Waals surface area contributed by atoms with Gasteiger partial charge in [-0.2, -0.15) is 0 Å². The molecule has 1 heterocycles. The highest BCUT2D eigenvalue weighted by Crippen LogP contribution is 2.31. The Kier molecular flexibility index (Phi) is 4.21. The van der Waals surface area contributed by atoms with E-state index in [-0.39, 0.29) is 5.41 Å². The summed E-state index contributed by atoms with van der Waals surface area (Å²) in [6, 6.07) is 6.21. The van der Waals surface area contributed by atoms with E-state index >= 15 is 0 Å². The number of anilines is 1. The van der Waals surface area contributed by atoms with E-state index in [0.717, 1.165) is 21.3 Å². The highest BCUT2D eigenvalue weighted by atomic mass is 32.2. The number of nitrogen functional groups attached to an aromatic ring is 1. The minimum atomic E-state index is 0.127. The first kappa shape index (κ1) is 14.4. The normalized spacial score (nSPS) is 11.8. The Bertz CT molecular complexity index is 568. The molecule has 2 rings (SSSR count). The molecule has 4 heteroatoms. The second kappa shape index (κ2) is 5.55. The van der Waals surface area contributed by atoms with Gasteiger partial charge in [-0.1, -0.05) is 26.8 Å². The number of aromatic nitrogens is 1. The second-order valence-electron chi connectivity index (χ2n) is 5.71. The molecule has 0 radical (unpaired) electrons. The summed E-state index contributed by atoms with van der Waals surface area (Å²) in [6.45, 7) is 8.63. The molecule has 1 aromatic heterocycles. The number of thiazole rings is 1. The number of nitrogens with two attached hydrogens (primary N) is 1. The topological polar surface area (TPSA) is 38.9 Å². The smallest absolute Gasteiger partial charge is 0.103 e. The molecule has 0 unspecified atom stereocenters. The average molecular weight is 292 g/mol. The van der Waals surface area contributed by atoms with Gasteiger partial charge < -0.3 is 5.73 Å². The largest absolute Gasteiger partial charge is 0.398 e. The van der Waals surface area contributed by atoms with Crippen LogP contribution < -0.4 is 5.73 Å². The van der Waals surface area contributed by atoms with Crippen molar-refractivity contribution in [3.8, 4) is 0 Å². The second-order valence-corrected chi connectivity index (χ2v) is 7.67. The van der Waals surface area contributed by atoms with E-state index in [1.165, 1.54) is 11.3 Å². The fourth-order valence-electron chi connectivity index (χ4n) is 1.66. The van der Waals surface area contributed by atoms with Gasteiger partial charge in [-0.05, 0) is 24.6 Å². The molecule has 2 aromatic rings. The minimum absolute atomic E-state index is 0.127. The summed E-state index contributed by atoms with van der Waals surface area (Å²) in [5.74, 6) is 0.883. The van der Waals surface area contributed by atoms with Crippen LogP contribution in [0, 0.1) is 6.92 Å². The summed E-state index contributed by atoms with van der Waals surface area (Å²) in [6.07, 6.45) is 0. The highest BCUT2D eigenvalue weighted by Gasteiger charge is 2.17. The quantitative estimate of drug-likeness (QED) is 0.662. The van der Waals surface area contributed by atoms with Crippen molar-refractivity contribution in [2.24, 2.45) is 0 Å².